The number of benzene rings is 3. The van der Waals surface area contributed by atoms with Crippen molar-refractivity contribution in [1.82, 2.24) is 4.98 Å². The first-order valence-electron chi connectivity index (χ1n) is 9.38. The van der Waals surface area contributed by atoms with Crippen LogP contribution in [0.5, 0.6) is 11.5 Å². The molecule has 1 unspecified atom stereocenters. The van der Waals surface area contributed by atoms with Crippen LogP contribution in [0.1, 0.15) is 17.2 Å². The molecule has 148 valence electrons. The van der Waals surface area contributed by atoms with Gasteiger partial charge in [0.25, 0.3) is 0 Å². The lowest BCUT2D eigenvalue weighted by Gasteiger charge is -2.31. The summed E-state index contributed by atoms with van der Waals surface area (Å²) in [7, 11) is 5.44. The first-order chi connectivity index (χ1) is 14.1. The van der Waals surface area contributed by atoms with Crippen molar-refractivity contribution in [2.45, 2.75) is 6.04 Å². The second-order valence-electron chi connectivity index (χ2n) is 6.90. The van der Waals surface area contributed by atoms with Crippen LogP contribution in [0.2, 0.25) is 0 Å². The van der Waals surface area contributed by atoms with Gasteiger partial charge in [-0.05, 0) is 48.0 Å². The Hall–Kier alpha value is -2.92. The van der Waals surface area contributed by atoms with Crippen molar-refractivity contribution in [3.05, 3.63) is 88.5 Å². The molecule has 0 spiro atoms. The maximum atomic E-state index is 5.58. The van der Waals surface area contributed by atoms with E-state index in [1.807, 2.05) is 12.1 Å². The molecule has 1 N–H and O–H groups in total. The Morgan fingerprint density at radius 3 is 2.38 bits per heavy atom. The zero-order valence-corrected chi connectivity index (χ0v) is 18.2. The molecule has 0 saturated heterocycles. The Kier molecular flexibility index (Phi) is 5.49. The van der Waals surface area contributed by atoms with Crippen LogP contribution in [0.3, 0.4) is 0 Å². The number of methoxy groups -OCH3 is 2. The van der Waals surface area contributed by atoms with Gasteiger partial charge in [0.05, 0.1) is 20.3 Å². The SMILES string of the molecule is COc1ccc(C(c2c[nH]c3ccc(Br)cc23)N(C)c2ccccc2)cc1OC. The highest BCUT2D eigenvalue weighted by atomic mass is 79.9. The Morgan fingerprint density at radius 1 is 0.897 bits per heavy atom. The number of aromatic nitrogens is 1. The van der Waals surface area contributed by atoms with Gasteiger partial charge in [0, 0.05) is 39.9 Å². The van der Waals surface area contributed by atoms with E-state index in [9.17, 15) is 0 Å². The summed E-state index contributed by atoms with van der Waals surface area (Å²) in [6, 6.07) is 22.8. The number of ether oxygens (including phenoxy) is 2. The Bertz CT molecular complexity index is 1120. The van der Waals surface area contributed by atoms with Crippen molar-refractivity contribution < 1.29 is 9.47 Å². The fourth-order valence-corrected chi connectivity index (χ4v) is 4.15. The molecule has 0 radical (unpaired) electrons. The number of nitrogens with one attached hydrogen (secondary N) is 1. The summed E-state index contributed by atoms with van der Waals surface area (Å²) in [6.45, 7) is 0. The molecule has 0 amide bonds. The molecule has 4 rings (SSSR count). The molecule has 0 aliphatic heterocycles. The van der Waals surface area contributed by atoms with Crippen LogP contribution in [0.15, 0.2) is 77.4 Å². The van der Waals surface area contributed by atoms with Gasteiger partial charge >= 0.3 is 0 Å². The first-order valence-corrected chi connectivity index (χ1v) is 10.2. The van der Waals surface area contributed by atoms with Crippen molar-refractivity contribution in [2.75, 3.05) is 26.2 Å². The summed E-state index contributed by atoms with van der Waals surface area (Å²) >= 11 is 3.62. The quantitative estimate of drug-likeness (QED) is 0.381. The predicted octanol–water partition coefficient (Wildman–Crippen LogP) is 6.17. The van der Waals surface area contributed by atoms with Crippen LogP contribution in [0, 0.1) is 0 Å². The average molecular weight is 451 g/mol. The summed E-state index contributed by atoms with van der Waals surface area (Å²) in [5.41, 5.74) is 4.56. The molecule has 1 atom stereocenters. The Labute approximate surface area is 179 Å². The largest absolute Gasteiger partial charge is 0.493 e. The molecule has 4 nitrogen and oxygen atoms in total. The number of hydrogen-bond acceptors (Lipinski definition) is 3. The number of aromatic amines is 1. The molecule has 0 bridgehead atoms. The van der Waals surface area contributed by atoms with E-state index in [0.717, 1.165) is 32.7 Å². The maximum absolute atomic E-state index is 5.58. The molecule has 29 heavy (non-hydrogen) atoms. The minimum Gasteiger partial charge on any atom is -0.493 e. The third kappa shape index (κ3) is 3.70. The van der Waals surface area contributed by atoms with E-state index in [0.29, 0.717) is 0 Å². The maximum Gasteiger partial charge on any atom is 0.161 e. The lowest BCUT2D eigenvalue weighted by Crippen LogP contribution is -2.25. The second-order valence-corrected chi connectivity index (χ2v) is 7.81. The highest BCUT2D eigenvalue weighted by molar-refractivity contribution is 9.10. The lowest BCUT2D eigenvalue weighted by atomic mass is 9.96. The van der Waals surface area contributed by atoms with Gasteiger partial charge in [0.15, 0.2) is 11.5 Å². The number of rotatable bonds is 6. The predicted molar refractivity (Wildman–Crippen MR) is 122 cm³/mol. The third-order valence-electron chi connectivity index (χ3n) is 5.24. The zero-order valence-electron chi connectivity index (χ0n) is 16.6. The van der Waals surface area contributed by atoms with Gasteiger partial charge in [-0.3, -0.25) is 0 Å². The van der Waals surface area contributed by atoms with Gasteiger partial charge in [-0.2, -0.15) is 0 Å². The van der Waals surface area contributed by atoms with E-state index in [2.05, 4.69) is 93.7 Å². The molecule has 0 saturated carbocycles. The second kappa shape index (κ2) is 8.21. The van der Waals surface area contributed by atoms with Crippen molar-refractivity contribution in [3.8, 4) is 11.5 Å². The lowest BCUT2D eigenvalue weighted by molar-refractivity contribution is 0.354. The van der Waals surface area contributed by atoms with Crippen LogP contribution in [0.25, 0.3) is 10.9 Å². The third-order valence-corrected chi connectivity index (χ3v) is 5.74. The number of hydrogen-bond donors (Lipinski definition) is 1. The average Bonchev–Trinajstić information content (AvgIpc) is 3.17. The number of H-pyrrole nitrogens is 1. The van der Waals surface area contributed by atoms with Gasteiger partial charge in [-0.25, -0.2) is 0 Å². The van der Waals surface area contributed by atoms with Crippen LogP contribution < -0.4 is 14.4 Å². The molecule has 0 aliphatic carbocycles. The molecule has 0 fully saturated rings. The summed E-state index contributed by atoms with van der Waals surface area (Å²) in [5.74, 6) is 1.44. The first kappa shape index (κ1) is 19.4. The summed E-state index contributed by atoms with van der Waals surface area (Å²) < 4.78 is 12.1. The van der Waals surface area contributed by atoms with Crippen molar-refractivity contribution >= 4 is 32.5 Å². The summed E-state index contributed by atoms with van der Waals surface area (Å²) in [6.07, 6.45) is 2.10. The summed E-state index contributed by atoms with van der Waals surface area (Å²) in [4.78, 5) is 5.70. The highest BCUT2D eigenvalue weighted by Crippen LogP contribution is 2.39. The van der Waals surface area contributed by atoms with Crippen molar-refractivity contribution in [2.24, 2.45) is 0 Å². The van der Waals surface area contributed by atoms with Crippen LogP contribution in [-0.4, -0.2) is 26.3 Å². The molecule has 1 heterocycles. The zero-order chi connectivity index (χ0) is 20.4. The van der Waals surface area contributed by atoms with Crippen molar-refractivity contribution in [3.63, 3.8) is 0 Å². The molecular weight excluding hydrogens is 428 g/mol. The topological polar surface area (TPSA) is 37.5 Å². The van der Waals surface area contributed by atoms with Gasteiger partial charge < -0.3 is 19.4 Å². The molecule has 1 aromatic heterocycles. The van der Waals surface area contributed by atoms with Crippen LogP contribution in [-0.2, 0) is 0 Å². The van der Waals surface area contributed by atoms with E-state index >= 15 is 0 Å². The molecule has 5 heteroatoms. The fourth-order valence-electron chi connectivity index (χ4n) is 3.79. The summed E-state index contributed by atoms with van der Waals surface area (Å²) in [5, 5.41) is 1.18. The molecule has 4 aromatic rings. The van der Waals surface area contributed by atoms with Gasteiger partial charge in [0.1, 0.15) is 0 Å². The van der Waals surface area contributed by atoms with E-state index < -0.39 is 0 Å². The van der Waals surface area contributed by atoms with Crippen molar-refractivity contribution in [1.29, 1.82) is 0 Å². The van der Waals surface area contributed by atoms with Gasteiger partial charge in [-0.15, -0.1) is 0 Å². The number of para-hydroxylation sites is 1. The normalized spacial score (nSPS) is 12.0. The van der Waals surface area contributed by atoms with Gasteiger partial charge in [0.2, 0.25) is 0 Å². The monoisotopic (exact) mass is 450 g/mol. The number of fused-ring (bicyclic) bond motifs is 1. The van der Waals surface area contributed by atoms with E-state index in [-0.39, 0.29) is 6.04 Å². The molecule has 0 aliphatic rings. The minimum atomic E-state index is -0.0137. The van der Waals surface area contributed by atoms with E-state index in [1.54, 1.807) is 14.2 Å². The standard InChI is InChI=1S/C24H23BrN2O2/c1-27(18-7-5-4-6-8-18)24(16-9-12-22(28-2)23(13-16)29-3)20-15-26-21-11-10-17(25)14-19(20)21/h4-15,24,26H,1-3H3. The van der Waals surface area contributed by atoms with Gasteiger partial charge in [-0.1, -0.05) is 40.2 Å². The number of anilines is 1. The minimum absolute atomic E-state index is 0.0137. The Morgan fingerprint density at radius 2 is 1.66 bits per heavy atom. The Balaban J connectivity index is 1.91. The molecule has 3 aromatic carbocycles. The van der Waals surface area contributed by atoms with E-state index in [4.69, 9.17) is 9.47 Å². The smallest absolute Gasteiger partial charge is 0.161 e. The van der Waals surface area contributed by atoms with Crippen LogP contribution >= 0.6 is 15.9 Å². The highest BCUT2D eigenvalue weighted by Gasteiger charge is 2.24. The number of halogens is 1. The molecular formula is C24H23BrN2O2. The number of nitrogens with zero attached hydrogens (tertiary/aromatic N) is 1. The fraction of sp³-hybridized carbons (Fsp3) is 0.167. The van der Waals surface area contributed by atoms with Crippen LogP contribution in [0.4, 0.5) is 5.69 Å². The van der Waals surface area contributed by atoms with E-state index in [1.165, 1.54) is 10.9 Å².